The van der Waals surface area contributed by atoms with Crippen molar-refractivity contribution in [2.24, 2.45) is 0 Å². The first-order valence-corrected chi connectivity index (χ1v) is 8.04. The largest absolute Gasteiger partial charge is 0.490 e. The second-order valence-electron chi connectivity index (χ2n) is 4.81. The van der Waals surface area contributed by atoms with Gasteiger partial charge in [0.15, 0.2) is 23.0 Å². The highest BCUT2D eigenvalue weighted by atomic mass is 16.5. The molecule has 0 aliphatic heterocycles. The maximum Gasteiger partial charge on any atom is 0.161 e. The molecular weight excluding hydrogens is 292 g/mol. The minimum absolute atomic E-state index is 0.570. The first kappa shape index (κ1) is 17.0. The Morgan fingerprint density at radius 1 is 0.565 bits per heavy atom. The van der Waals surface area contributed by atoms with Gasteiger partial charge in [-0.15, -0.1) is 0 Å². The van der Waals surface area contributed by atoms with Crippen LogP contribution in [-0.2, 0) is 0 Å². The van der Waals surface area contributed by atoms with Crippen LogP contribution in [0.5, 0.6) is 23.0 Å². The lowest BCUT2D eigenvalue weighted by Crippen LogP contribution is -2.07. The summed E-state index contributed by atoms with van der Waals surface area (Å²) in [7, 11) is 0. The molecule has 0 atom stereocenters. The van der Waals surface area contributed by atoms with E-state index in [1.165, 1.54) is 0 Å². The van der Waals surface area contributed by atoms with Crippen LogP contribution in [0.4, 0.5) is 0 Å². The number of para-hydroxylation sites is 4. The van der Waals surface area contributed by atoms with E-state index in [-0.39, 0.29) is 0 Å². The van der Waals surface area contributed by atoms with Crippen molar-refractivity contribution >= 4 is 0 Å². The molecule has 0 heterocycles. The fraction of sp³-hybridized carbons (Fsp3) is 0.368. The van der Waals surface area contributed by atoms with Crippen LogP contribution in [0.2, 0.25) is 0 Å². The van der Waals surface area contributed by atoms with Gasteiger partial charge in [0.25, 0.3) is 0 Å². The highest BCUT2D eigenvalue weighted by Gasteiger charge is 2.05. The zero-order chi connectivity index (χ0) is 16.3. The molecule has 2 rings (SSSR count). The van der Waals surface area contributed by atoms with Crippen LogP contribution in [0, 0.1) is 0 Å². The Kier molecular flexibility index (Phi) is 7.11. The van der Waals surface area contributed by atoms with E-state index in [1.807, 2.05) is 62.4 Å². The van der Waals surface area contributed by atoms with Crippen LogP contribution >= 0.6 is 0 Å². The summed E-state index contributed by atoms with van der Waals surface area (Å²) in [5.41, 5.74) is 0. The molecule has 0 radical (unpaired) electrons. The number of benzene rings is 2. The molecule has 2 aromatic carbocycles. The minimum Gasteiger partial charge on any atom is -0.490 e. The van der Waals surface area contributed by atoms with Crippen LogP contribution in [0.25, 0.3) is 0 Å². The molecule has 0 saturated heterocycles. The maximum atomic E-state index is 5.77. The topological polar surface area (TPSA) is 36.9 Å². The van der Waals surface area contributed by atoms with Gasteiger partial charge < -0.3 is 18.9 Å². The summed E-state index contributed by atoms with van der Waals surface area (Å²) in [5, 5.41) is 0. The molecule has 0 aliphatic rings. The van der Waals surface area contributed by atoms with E-state index in [4.69, 9.17) is 18.9 Å². The lowest BCUT2D eigenvalue weighted by atomic mass is 10.3. The van der Waals surface area contributed by atoms with Crippen LogP contribution in [-0.4, -0.2) is 26.4 Å². The number of ether oxygens (including phenoxy) is 4. The van der Waals surface area contributed by atoms with Crippen molar-refractivity contribution in [1.29, 1.82) is 0 Å². The van der Waals surface area contributed by atoms with Crippen molar-refractivity contribution in [3.05, 3.63) is 48.5 Å². The van der Waals surface area contributed by atoms with E-state index in [1.54, 1.807) is 0 Å². The summed E-state index contributed by atoms with van der Waals surface area (Å²) < 4.78 is 22.6. The van der Waals surface area contributed by atoms with Crippen LogP contribution in [0.15, 0.2) is 48.5 Å². The Morgan fingerprint density at radius 3 is 1.26 bits per heavy atom. The van der Waals surface area contributed by atoms with Crippen molar-refractivity contribution in [3.8, 4) is 23.0 Å². The molecular formula is C19H24O4. The summed E-state index contributed by atoms with van der Waals surface area (Å²) in [5.74, 6) is 3.09. The molecule has 4 heteroatoms. The highest BCUT2D eigenvalue weighted by molar-refractivity contribution is 5.40. The predicted molar refractivity (Wildman–Crippen MR) is 90.8 cm³/mol. The molecule has 0 N–H and O–H groups in total. The highest BCUT2D eigenvalue weighted by Crippen LogP contribution is 2.27. The Hall–Kier alpha value is -2.36. The van der Waals surface area contributed by atoms with E-state index in [2.05, 4.69) is 0 Å². The van der Waals surface area contributed by atoms with Crippen molar-refractivity contribution in [2.45, 2.75) is 20.3 Å². The molecule has 0 bridgehead atoms. The van der Waals surface area contributed by atoms with Gasteiger partial charge in [0.2, 0.25) is 0 Å². The lowest BCUT2D eigenvalue weighted by molar-refractivity contribution is 0.228. The quantitative estimate of drug-likeness (QED) is 0.611. The van der Waals surface area contributed by atoms with E-state index in [0.29, 0.717) is 26.4 Å². The molecule has 23 heavy (non-hydrogen) atoms. The van der Waals surface area contributed by atoms with E-state index < -0.39 is 0 Å². The molecule has 0 spiro atoms. The third kappa shape index (κ3) is 5.40. The first-order valence-electron chi connectivity index (χ1n) is 8.04. The lowest BCUT2D eigenvalue weighted by Gasteiger charge is -2.13. The predicted octanol–water partition coefficient (Wildman–Crippen LogP) is 4.33. The number of hydrogen-bond donors (Lipinski definition) is 0. The summed E-state index contributed by atoms with van der Waals surface area (Å²) in [6, 6.07) is 15.4. The maximum absolute atomic E-state index is 5.77. The minimum atomic E-state index is 0.570. The van der Waals surface area contributed by atoms with Gasteiger partial charge in [0.1, 0.15) is 0 Å². The zero-order valence-electron chi connectivity index (χ0n) is 13.8. The Labute approximate surface area is 137 Å². The molecule has 0 aliphatic carbocycles. The molecule has 0 fully saturated rings. The summed E-state index contributed by atoms with van der Waals surface area (Å²) in [6.45, 7) is 6.30. The SMILES string of the molecule is CCOc1ccccc1OCCCOc1ccccc1OCC. The summed E-state index contributed by atoms with van der Waals surface area (Å²) in [6.07, 6.45) is 0.779. The second-order valence-corrected chi connectivity index (χ2v) is 4.81. The van der Waals surface area contributed by atoms with Crippen LogP contribution < -0.4 is 18.9 Å². The Balaban J connectivity index is 1.76. The van der Waals surface area contributed by atoms with Crippen molar-refractivity contribution in [1.82, 2.24) is 0 Å². The van der Waals surface area contributed by atoms with Crippen LogP contribution in [0.1, 0.15) is 20.3 Å². The fourth-order valence-electron chi connectivity index (χ4n) is 2.11. The fourth-order valence-corrected chi connectivity index (χ4v) is 2.11. The first-order chi connectivity index (χ1) is 11.3. The van der Waals surface area contributed by atoms with Gasteiger partial charge in [-0.05, 0) is 38.1 Å². The molecule has 0 aromatic heterocycles. The molecule has 0 saturated carbocycles. The molecule has 0 unspecified atom stereocenters. The monoisotopic (exact) mass is 316 g/mol. The van der Waals surface area contributed by atoms with Crippen LogP contribution in [0.3, 0.4) is 0 Å². The number of hydrogen-bond acceptors (Lipinski definition) is 4. The summed E-state index contributed by atoms with van der Waals surface area (Å²) in [4.78, 5) is 0. The Morgan fingerprint density at radius 2 is 0.913 bits per heavy atom. The second kappa shape index (κ2) is 9.62. The Bertz CT molecular complexity index is 532. The number of rotatable bonds is 10. The normalized spacial score (nSPS) is 10.2. The van der Waals surface area contributed by atoms with E-state index in [0.717, 1.165) is 29.4 Å². The third-order valence-corrected chi connectivity index (χ3v) is 3.10. The average molecular weight is 316 g/mol. The molecule has 2 aromatic rings. The van der Waals surface area contributed by atoms with Gasteiger partial charge in [-0.1, -0.05) is 24.3 Å². The van der Waals surface area contributed by atoms with Crippen molar-refractivity contribution in [2.75, 3.05) is 26.4 Å². The van der Waals surface area contributed by atoms with Crippen molar-refractivity contribution < 1.29 is 18.9 Å². The smallest absolute Gasteiger partial charge is 0.161 e. The zero-order valence-corrected chi connectivity index (χ0v) is 13.8. The third-order valence-electron chi connectivity index (χ3n) is 3.10. The standard InChI is InChI=1S/C19H24O4/c1-3-20-16-10-5-7-12-18(16)22-14-9-15-23-19-13-8-6-11-17(19)21-4-2/h5-8,10-13H,3-4,9,14-15H2,1-2H3. The van der Waals surface area contributed by atoms with Gasteiger partial charge in [-0.2, -0.15) is 0 Å². The summed E-state index contributed by atoms with van der Waals surface area (Å²) >= 11 is 0. The van der Waals surface area contributed by atoms with Gasteiger partial charge in [-0.3, -0.25) is 0 Å². The van der Waals surface area contributed by atoms with E-state index in [9.17, 15) is 0 Å². The van der Waals surface area contributed by atoms with Crippen molar-refractivity contribution in [3.63, 3.8) is 0 Å². The van der Waals surface area contributed by atoms with Gasteiger partial charge in [0, 0.05) is 6.42 Å². The molecule has 4 nitrogen and oxygen atoms in total. The molecule has 124 valence electrons. The molecule has 0 amide bonds. The van der Waals surface area contributed by atoms with E-state index >= 15 is 0 Å². The average Bonchev–Trinajstić information content (AvgIpc) is 2.58. The van der Waals surface area contributed by atoms with Gasteiger partial charge >= 0.3 is 0 Å². The van der Waals surface area contributed by atoms with Gasteiger partial charge in [-0.25, -0.2) is 0 Å². The van der Waals surface area contributed by atoms with Gasteiger partial charge in [0.05, 0.1) is 26.4 Å².